The van der Waals surface area contributed by atoms with Crippen molar-refractivity contribution in [2.24, 2.45) is 12.0 Å². The van der Waals surface area contributed by atoms with Gasteiger partial charge < -0.3 is 15.5 Å². The number of aliphatic imine (C=N–C) groups is 1. The normalized spacial score (nSPS) is 15.9. The van der Waals surface area contributed by atoms with Crippen LogP contribution in [-0.4, -0.2) is 58.2 Å². The molecular formula is C14H25N7O. The van der Waals surface area contributed by atoms with Gasteiger partial charge in [-0.1, -0.05) is 12.8 Å². The predicted molar refractivity (Wildman–Crippen MR) is 84.2 cm³/mol. The Labute approximate surface area is 131 Å². The van der Waals surface area contributed by atoms with Crippen molar-refractivity contribution in [3.8, 4) is 0 Å². The fourth-order valence-corrected chi connectivity index (χ4v) is 2.35. The average molecular weight is 307 g/mol. The number of aromatic nitrogens is 3. The highest BCUT2D eigenvalue weighted by molar-refractivity contribution is 5.86. The molecular weight excluding hydrogens is 282 g/mol. The molecule has 1 aromatic rings. The molecule has 0 aliphatic heterocycles. The number of rotatable bonds is 5. The first kappa shape index (κ1) is 16.3. The summed E-state index contributed by atoms with van der Waals surface area (Å²) < 4.78 is 1.70. The molecule has 8 heteroatoms. The molecule has 0 atom stereocenters. The van der Waals surface area contributed by atoms with Gasteiger partial charge in [0.15, 0.2) is 5.96 Å². The zero-order chi connectivity index (χ0) is 15.9. The van der Waals surface area contributed by atoms with Gasteiger partial charge in [-0.2, -0.15) is 5.10 Å². The molecule has 22 heavy (non-hydrogen) atoms. The minimum Gasteiger partial charge on any atom is -0.354 e. The molecule has 1 heterocycles. The number of amides is 1. The largest absolute Gasteiger partial charge is 0.354 e. The molecule has 122 valence electrons. The van der Waals surface area contributed by atoms with Gasteiger partial charge in [0.25, 0.3) is 0 Å². The van der Waals surface area contributed by atoms with Crippen molar-refractivity contribution in [2.45, 2.75) is 38.3 Å². The maximum absolute atomic E-state index is 11.7. The SMILES string of the molecule is CN(C)C(=O)CNC(=NCc1ncnn1C)NC1CCCC1. The van der Waals surface area contributed by atoms with Crippen molar-refractivity contribution < 1.29 is 4.79 Å². The van der Waals surface area contributed by atoms with Gasteiger partial charge in [0, 0.05) is 27.2 Å². The van der Waals surface area contributed by atoms with Gasteiger partial charge in [-0.05, 0) is 12.8 Å². The standard InChI is InChI=1S/C14H25N7O/c1-20(2)13(22)9-16-14(19-11-6-4-5-7-11)15-8-12-17-10-18-21(12)3/h10-11H,4-9H2,1-3H3,(H2,15,16,19). The summed E-state index contributed by atoms with van der Waals surface area (Å²) in [4.78, 5) is 22.0. The second kappa shape index (κ2) is 7.77. The highest BCUT2D eigenvalue weighted by atomic mass is 16.2. The summed E-state index contributed by atoms with van der Waals surface area (Å²) in [6, 6.07) is 0.431. The van der Waals surface area contributed by atoms with E-state index in [4.69, 9.17) is 0 Å². The summed E-state index contributed by atoms with van der Waals surface area (Å²) in [6.45, 7) is 0.652. The molecule has 1 saturated carbocycles. The first-order valence-electron chi connectivity index (χ1n) is 7.64. The van der Waals surface area contributed by atoms with Crippen LogP contribution in [-0.2, 0) is 18.4 Å². The topological polar surface area (TPSA) is 87.4 Å². The predicted octanol–water partition coefficient (Wildman–Crippen LogP) is -0.119. The van der Waals surface area contributed by atoms with E-state index in [2.05, 4.69) is 25.7 Å². The molecule has 0 unspecified atom stereocenters. The molecule has 1 aliphatic carbocycles. The van der Waals surface area contributed by atoms with Gasteiger partial charge in [-0.25, -0.2) is 9.98 Å². The lowest BCUT2D eigenvalue weighted by Gasteiger charge is -2.18. The first-order valence-corrected chi connectivity index (χ1v) is 7.64. The monoisotopic (exact) mass is 307 g/mol. The van der Waals surface area contributed by atoms with Crippen molar-refractivity contribution >= 4 is 11.9 Å². The average Bonchev–Trinajstić information content (AvgIpc) is 3.13. The van der Waals surface area contributed by atoms with E-state index < -0.39 is 0 Å². The minimum atomic E-state index is 0.0135. The van der Waals surface area contributed by atoms with Gasteiger partial charge in [0.1, 0.15) is 18.7 Å². The van der Waals surface area contributed by atoms with Crippen molar-refractivity contribution in [3.05, 3.63) is 12.2 Å². The lowest BCUT2D eigenvalue weighted by Crippen LogP contribution is -2.46. The van der Waals surface area contributed by atoms with Gasteiger partial charge in [-0.3, -0.25) is 9.48 Å². The number of carbonyl (C=O) groups excluding carboxylic acids is 1. The lowest BCUT2D eigenvalue weighted by molar-refractivity contribution is -0.127. The van der Waals surface area contributed by atoms with E-state index in [0.29, 0.717) is 18.5 Å². The summed E-state index contributed by atoms with van der Waals surface area (Å²) in [5, 5.41) is 10.5. The second-order valence-electron chi connectivity index (χ2n) is 5.73. The summed E-state index contributed by atoms with van der Waals surface area (Å²) in [5.74, 6) is 1.45. The first-order chi connectivity index (χ1) is 10.6. The van der Waals surface area contributed by atoms with Crippen LogP contribution in [0, 0.1) is 0 Å². The Morgan fingerprint density at radius 3 is 2.77 bits per heavy atom. The second-order valence-corrected chi connectivity index (χ2v) is 5.73. The Bertz CT molecular complexity index is 517. The molecule has 8 nitrogen and oxygen atoms in total. The molecule has 0 aromatic carbocycles. The van der Waals surface area contributed by atoms with Crippen LogP contribution in [0.15, 0.2) is 11.3 Å². The summed E-state index contributed by atoms with van der Waals surface area (Å²) in [5.41, 5.74) is 0. The van der Waals surface area contributed by atoms with Crippen molar-refractivity contribution in [1.82, 2.24) is 30.3 Å². The molecule has 2 rings (SSSR count). The number of likely N-dealkylation sites (N-methyl/N-ethyl adjacent to an activating group) is 1. The van der Waals surface area contributed by atoms with E-state index in [1.165, 1.54) is 19.2 Å². The van der Waals surface area contributed by atoms with Crippen LogP contribution in [0.1, 0.15) is 31.5 Å². The Kier molecular flexibility index (Phi) is 5.74. The number of carbonyl (C=O) groups is 1. The van der Waals surface area contributed by atoms with Crippen LogP contribution < -0.4 is 10.6 Å². The van der Waals surface area contributed by atoms with Crippen molar-refractivity contribution in [3.63, 3.8) is 0 Å². The number of guanidine groups is 1. The highest BCUT2D eigenvalue weighted by Crippen LogP contribution is 2.17. The molecule has 0 bridgehead atoms. The Hall–Kier alpha value is -2.12. The molecule has 0 spiro atoms. The summed E-state index contributed by atoms with van der Waals surface area (Å²) >= 11 is 0. The van der Waals surface area contributed by atoms with E-state index in [-0.39, 0.29) is 12.5 Å². The molecule has 0 radical (unpaired) electrons. The van der Waals surface area contributed by atoms with Crippen LogP contribution in [0.25, 0.3) is 0 Å². The third-order valence-corrected chi connectivity index (χ3v) is 3.79. The summed E-state index contributed by atoms with van der Waals surface area (Å²) in [6.07, 6.45) is 6.28. The van der Waals surface area contributed by atoms with E-state index in [1.807, 2.05) is 7.05 Å². The van der Waals surface area contributed by atoms with Gasteiger partial charge in [0.2, 0.25) is 5.91 Å². The fraction of sp³-hybridized carbons (Fsp3) is 0.714. The van der Waals surface area contributed by atoms with Gasteiger partial charge in [-0.15, -0.1) is 0 Å². The third kappa shape index (κ3) is 4.71. The van der Waals surface area contributed by atoms with E-state index in [1.54, 1.807) is 23.7 Å². The number of nitrogens with one attached hydrogen (secondary N) is 2. The molecule has 1 aliphatic rings. The zero-order valence-electron chi connectivity index (χ0n) is 13.5. The van der Waals surface area contributed by atoms with Gasteiger partial charge >= 0.3 is 0 Å². The third-order valence-electron chi connectivity index (χ3n) is 3.79. The Morgan fingerprint density at radius 2 is 2.18 bits per heavy atom. The number of hydrogen-bond donors (Lipinski definition) is 2. The molecule has 2 N–H and O–H groups in total. The Balaban J connectivity index is 1.96. The fourth-order valence-electron chi connectivity index (χ4n) is 2.35. The number of hydrogen-bond acceptors (Lipinski definition) is 4. The highest BCUT2D eigenvalue weighted by Gasteiger charge is 2.17. The molecule has 1 amide bonds. The number of nitrogens with zero attached hydrogens (tertiary/aromatic N) is 5. The number of aryl methyl sites for hydroxylation is 1. The maximum Gasteiger partial charge on any atom is 0.241 e. The Morgan fingerprint density at radius 1 is 1.45 bits per heavy atom. The van der Waals surface area contributed by atoms with Crippen molar-refractivity contribution in [2.75, 3.05) is 20.6 Å². The molecule has 0 saturated heterocycles. The zero-order valence-corrected chi connectivity index (χ0v) is 13.5. The van der Waals surface area contributed by atoms with Gasteiger partial charge in [0.05, 0.1) is 6.54 Å². The minimum absolute atomic E-state index is 0.0135. The quantitative estimate of drug-likeness (QED) is 0.585. The lowest BCUT2D eigenvalue weighted by atomic mass is 10.2. The van der Waals surface area contributed by atoms with E-state index in [9.17, 15) is 4.79 Å². The maximum atomic E-state index is 11.7. The van der Waals surface area contributed by atoms with Crippen LogP contribution in [0.2, 0.25) is 0 Å². The van der Waals surface area contributed by atoms with E-state index in [0.717, 1.165) is 18.7 Å². The smallest absolute Gasteiger partial charge is 0.241 e. The van der Waals surface area contributed by atoms with E-state index >= 15 is 0 Å². The van der Waals surface area contributed by atoms with Crippen molar-refractivity contribution in [1.29, 1.82) is 0 Å². The van der Waals surface area contributed by atoms with Crippen LogP contribution in [0.4, 0.5) is 0 Å². The van der Waals surface area contributed by atoms with Crippen LogP contribution in [0.5, 0.6) is 0 Å². The molecule has 1 fully saturated rings. The van der Waals surface area contributed by atoms with Crippen LogP contribution in [0.3, 0.4) is 0 Å². The molecule has 1 aromatic heterocycles. The van der Waals surface area contributed by atoms with Crippen LogP contribution >= 0.6 is 0 Å². The summed E-state index contributed by atoms with van der Waals surface area (Å²) in [7, 11) is 5.32.